The van der Waals surface area contributed by atoms with Gasteiger partial charge in [0.25, 0.3) is 5.91 Å². The van der Waals surface area contributed by atoms with Crippen LogP contribution in [0.1, 0.15) is 10.5 Å². The number of rotatable bonds is 4. The number of amides is 1. The molecule has 0 atom stereocenters. The highest BCUT2D eigenvalue weighted by Gasteiger charge is 2.11. The first-order chi connectivity index (χ1) is 12.0. The summed E-state index contributed by atoms with van der Waals surface area (Å²) in [4.78, 5) is 20.2. The lowest BCUT2D eigenvalue weighted by atomic mass is 10.3. The third kappa shape index (κ3) is 4.23. The minimum absolute atomic E-state index is 0.139. The normalized spacial score (nSPS) is 10.4. The third-order valence-corrected chi connectivity index (χ3v) is 4.04. The van der Waals surface area contributed by atoms with Gasteiger partial charge in [0.15, 0.2) is 0 Å². The smallest absolute Gasteiger partial charge is 0.274 e. The Morgan fingerprint density at radius 1 is 1.04 bits per heavy atom. The van der Waals surface area contributed by atoms with Crippen molar-refractivity contribution in [2.75, 3.05) is 10.6 Å². The molecular weight excluding hydrogens is 366 g/mol. The fourth-order valence-electron chi connectivity index (χ4n) is 2.02. The highest BCUT2D eigenvalue weighted by atomic mass is 35.5. The number of hydrogen-bond donors (Lipinski definition) is 2. The van der Waals surface area contributed by atoms with E-state index in [4.69, 9.17) is 23.2 Å². The zero-order chi connectivity index (χ0) is 17.8. The minimum Gasteiger partial charge on any atom is -0.339 e. The lowest BCUT2D eigenvalue weighted by Gasteiger charge is -2.09. The van der Waals surface area contributed by atoms with Gasteiger partial charge in [0.05, 0.1) is 15.7 Å². The summed E-state index contributed by atoms with van der Waals surface area (Å²) in [6.07, 6.45) is 1.25. The summed E-state index contributed by atoms with van der Waals surface area (Å²) in [5.74, 6) is -0.456. The average molecular weight is 377 g/mol. The van der Waals surface area contributed by atoms with Gasteiger partial charge in [-0.25, -0.2) is 14.4 Å². The molecule has 0 aliphatic carbocycles. The molecule has 3 rings (SSSR count). The van der Waals surface area contributed by atoms with Gasteiger partial charge in [0.1, 0.15) is 23.7 Å². The maximum atomic E-state index is 12.9. The molecule has 0 radical (unpaired) electrons. The number of halogens is 3. The maximum absolute atomic E-state index is 12.9. The highest BCUT2D eigenvalue weighted by Crippen LogP contribution is 2.31. The number of benzene rings is 2. The van der Waals surface area contributed by atoms with Crippen molar-refractivity contribution < 1.29 is 9.18 Å². The summed E-state index contributed by atoms with van der Waals surface area (Å²) in [5.41, 5.74) is 1.15. The molecule has 3 aromatic rings. The Morgan fingerprint density at radius 3 is 2.56 bits per heavy atom. The van der Waals surface area contributed by atoms with Gasteiger partial charge >= 0.3 is 0 Å². The van der Waals surface area contributed by atoms with Crippen LogP contribution >= 0.6 is 23.2 Å². The van der Waals surface area contributed by atoms with E-state index in [1.165, 1.54) is 36.7 Å². The quantitative estimate of drug-likeness (QED) is 0.678. The second-order valence-corrected chi connectivity index (χ2v) is 5.76. The van der Waals surface area contributed by atoms with E-state index in [0.717, 1.165) is 0 Å². The molecule has 0 saturated carbocycles. The van der Waals surface area contributed by atoms with Crippen molar-refractivity contribution in [3.63, 3.8) is 0 Å². The van der Waals surface area contributed by atoms with Crippen LogP contribution in [0.4, 0.5) is 21.6 Å². The van der Waals surface area contributed by atoms with E-state index >= 15 is 0 Å². The first-order valence-electron chi connectivity index (χ1n) is 7.13. The Morgan fingerprint density at radius 2 is 1.80 bits per heavy atom. The van der Waals surface area contributed by atoms with Crippen LogP contribution in [0.3, 0.4) is 0 Å². The largest absolute Gasteiger partial charge is 0.339 e. The predicted octanol–water partition coefficient (Wildman–Crippen LogP) is 4.92. The molecule has 2 aromatic carbocycles. The summed E-state index contributed by atoms with van der Waals surface area (Å²) in [6, 6.07) is 12.0. The first-order valence-corrected chi connectivity index (χ1v) is 7.88. The summed E-state index contributed by atoms with van der Waals surface area (Å²) >= 11 is 12.1. The average Bonchev–Trinajstić information content (AvgIpc) is 2.61. The second kappa shape index (κ2) is 7.46. The monoisotopic (exact) mass is 376 g/mol. The van der Waals surface area contributed by atoms with Crippen LogP contribution in [0.15, 0.2) is 54.9 Å². The van der Waals surface area contributed by atoms with Crippen molar-refractivity contribution in [3.05, 3.63) is 76.4 Å². The van der Waals surface area contributed by atoms with Crippen LogP contribution in [0.5, 0.6) is 0 Å². The van der Waals surface area contributed by atoms with Gasteiger partial charge in [-0.2, -0.15) is 0 Å². The van der Waals surface area contributed by atoms with E-state index in [2.05, 4.69) is 20.6 Å². The van der Waals surface area contributed by atoms with Crippen LogP contribution < -0.4 is 10.6 Å². The SMILES string of the molecule is O=C(Nc1ccc(F)cc1)c1cc(Nc2cccc(Cl)c2Cl)ncn1. The third-order valence-electron chi connectivity index (χ3n) is 3.22. The molecule has 126 valence electrons. The lowest BCUT2D eigenvalue weighted by Crippen LogP contribution is -2.14. The second-order valence-electron chi connectivity index (χ2n) is 4.98. The summed E-state index contributed by atoms with van der Waals surface area (Å²) in [7, 11) is 0. The molecule has 1 amide bonds. The van der Waals surface area contributed by atoms with Crippen LogP contribution in [0.2, 0.25) is 10.0 Å². The van der Waals surface area contributed by atoms with E-state index < -0.39 is 5.91 Å². The van der Waals surface area contributed by atoms with Crippen molar-refractivity contribution in [2.45, 2.75) is 0 Å². The molecule has 0 aliphatic heterocycles. The Hall–Kier alpha value is -2.70. The zero-order valence-electron chi connectivity index (χ0n) is 12.6. The van der Waals surface area contributed by atoms with Gasteiger partial charge in [-0.05, 0) is 36.4 Å². The number of nitrogens with zero attached hydrogens (tertiary/aromatic N) is 2. The summed E-state index contributed by atoms with van der Waals surface area (Å²) < 4.78 is 12.9. The van der Waals surface area contributed by atoms with Crippen molar-refractivity contribution >= 4 is 46.3 Å². The Balaban J connectivity index is 1.77. The molecule has 25 heavy (non-hydrogen) atoms. The fourth-order valence-corrected chi connectivity index (χ4v) is 2.36. The number of nitrogens with one attached hydrogen (secondary N) is 2. The van der Waals surface area contributed by atoms with E-state index in [1.54, 1.807) is 18.2 Å². The minimum atomic E-state index is -0.450. The van der Waals surface area contributed by atoms with Crippen molar-refractivity contribution in [1.82, 2.24) is 9.97 Å². The van der Waals surface area contributed by atoms with E-state index in [-0.39, 0.29) is 11.5 Å². The fraction of sp³-hybridized carbons (Fsp3) is 0. The Bertz CT molecular complexity index is 919. The molecule has 0 spiro atoms. The molecule has 1 aromatic heterocycles. The van der Waals surface area contributed by atoms with Crippen LogP contribution in [-0.2, 0) is 0 Å². The van der Waals surface area contributed by atoms with Crippen molar-refractivity contribution in [3.8, 4) is 0 Å². The Labute approximate surface area is 152 Å². The molecule has 0 unspecified atom stereocenters. The van der Waals surface area contributed by atoms with Gasteiger partial charge in [0, 0.05) is 11.8 Å². The summed E-state index contributed by atoms with van der Waals surface area (Å²) in [5, 5.41) is 6.35. The van der Waals surface area contributed by atoms with Crippen LogP contribution in [0, 0.1) is 5.82 Å². The Kier molecular flexibility index (Phi) is 5.11. The predicted molar refractivity (Wildman–Crippen MR) is 96.1 cm³/mol. The zero-order valence-corrected chi connectivity index (χ0v) is 14.1. The standard InChI is InChI=1S/C17H11Cl2FN4O/c18-12-2-1-3-13(16(12)19)24-15-8-14(21-9-22-15)17(25)23-11-6-4-10(20)5-7-11/h1-9H,(H,23,25)(H,21,22,24). The molecule has 2 N–H and O–H groups in total. The number of anilines is 3. The molecule has 0 bridgehead atoms. The molecule has 5 nitrogen and oxygen atoms in total. The number of hydrogen-bond acceptors (Lipinski definition) is 4. The number of carbonyl (C=O) groups excluding carboxylic acids is 1. The molecule has 1 heterocycles. The van der Waals surface area contributed by atoms with Crippen molar-refractivity contribution in [1.29, 1.82) is 0 Å². The van der Waals surface area contributed by atoms with E-state index in [1.807, 2.05) is 0 Å². The molecular formula is C17H11Cl2FN4O. The van der Waals surface area contributed by atoms with Gasteiger partial charge in [-0.3, -0.25) is 4.79 Å². The first kappa shape index (κ1) is 17.1. The topological polar surface area (TPSA) is 66.9 Å². The van der Waals surface area contributed by atoms with Gasteiger partial charge in [0.2, 0.25) is 0 Å². The van der Waals surface area contributed by atoms with Crippen LogP contribution in [-0.4, -0.2) is 15.9 Å². The molecule has 0 saturated heterocycles. The summed E-state index contributed by atoms with van der Waals surface area (Å²) in [6.45, 7) is 0. The highest BCUT2D eigenvalue weighted by molar-refractivity contribution is 6.43. The van der Waals surface area contributed by atoms with Gasteiger partial charge in [-0.15, -0.1) is 0 Å². The van der Waals surface area contributed by atoms with Gasteiger partial charge in [-0.1, -0.05) is 29.3 Å². The van der Waals surface area contributed by atoms with E-state index in [0.29, 0.717) is 27.2 Å². The van der Waals surface area contributed by atoms with Crippen LogP contribution in [0.25, 0.3) is 0 Å². The molecule has 0 fully saturated rings. The van der Waals surface area contributed by atoms with Crippen molar-refractivity contribution in [2.24, 2.45) is 0 Å². The molecule has 8 heteroatoms. The number of aromatic nitrogens is 2. The maximum Gasteiger partial charge on any atom is 0.274 e. The van der Waals surface area contributed by atoms with Gasteiger partial charge < -0.3 is 10.6 Å². The lowest BCUT2D eigenvalue weighted by molar-refractivity contribution is 0.102. The number of carbonyl (C=O) groups is 1. The molecule has 0 aliphatic rings. The van der Waals surface area contributed by atoms with E-state index in [9.17, 15) is 9.18 Å².